The molecule has 0 aromatic rings. The van der Waals surface area contributed by atoms with Crippen LogP contribution < -0.4 is 5.73 Å². The van der Waals surface area contributed by atoms with Gasteiger partial charge in [0.2, 0.25) is 0 Å². The first-order valence-electron chi connectivity index (χ1n) is 3.84. The Bertz CT molecular complexity index is 269. The van der Waals surface area contributed by atoms with Gasteiger partial charge in [-0.25, -0.2) is 16.0 Å². The predicted molar refractivity (Wildman–Crippen MR) is 65.0 cm³/mol. The van der Waals surface area contributed by atoms with E-state index in [4.69, 9.17) is 39.1 Å². The molecule has 1 atom stereocenters. The van der Waals surface area contributed by atoms with Crippen molar-refractivity contribution in [1.82, 2.24) is 0 Å². The molecule has 17 heavy (non-hydrogen) atoms. The summed E-state index contributed by atoms with van der Waals surface area (Å²) < 4.78 is 23.1. The number of aliphatic carboxylic acids is 1. The van der Waals surface area contributed by atoms with Crippen LogP contribution in [0.1, 0.15) is 6.42 Å². The summed E-state index contributed by atoms with van der Waals surface area (Å²) in [6.45, 7) is 0. The molecule has 0 fully saturated rings. The Balaban J connectivity index is -0.000000207. The van der Waals surface area contributed by atoms with E-state index in [0.717, 1.165) is 5.75 Å². The van der Waals surface area contributed by atoms with Crippen molar-refractivity contribution in [2.45, 2.75) is 12.5 Å². The summed E-state index contributed by atoms with van der Waals surface area (Å²) >= 11 is 1.02. The third-order valence-electron chi connectivity index (χ3n) is 0.950. The molecule has 0 aromatic heterocycles. The second-order valence-electron chi connectivity index (χ2n) is 2.33. The first-order chi connectivity index (χ1) is 7.59. The largest absolute Gasteiger partial charge is 0.480 e. The van der Waals surface area contributed by atoms with Gasteiger partial charge in [0.15, 0.2) is 0 Å². The molecule has 7 N–H and O–H groups in total. The molecule has 0 saturated carbocycles. The van der Waals surface area contributed by atoms with Gasteiger partial charge in [-0.3, -0.25) is 4.79 Å². The van der Waals surface area contributed by atoms with Crippen molar-refractivity contribution in [3.8, 4) is 0 Å². The van der Waals surface area contributed by atoms with E-state index in [1.165, 1.54) is 0 Å². The first kappa shape index (κ1) is 22.1. The van der Waals surface area contributed by atoms with Gasteiger partial charge in [-0.1, -0.05) is 0 Å². The maximum Gasteiger partial charge on any atom is 0.466 e. The zero-order chi connectivity index (χ0) is 14.5. The van der Waals surface area contributed by atoms with Gasteiger partial charge in [-0.2, -0.15) is 11.8 Å². The van der Waals surface area contributed by atoms with Crippen LogP contribution >= 0.6 is 19.6 Å². The Kier molecular flexibility index (Phi) is 18.0. The summed E-state index contributed by atoms with van der Waals surface area (Å²) in [6.07, 6.45) is 2.48. The van der Waals surface area contributed by atoms with Crippen molar-refractivity contribution < 1.29 is 33.4 Å². The fraction of sp³-hybridized carbons (Fsp3) is 0.800. The lowest BCUT2D eigenvalue weighted by molar-refractivity contribution is -0.138. The van der Waals surface area contributed by atoms with Crippen LogP contribution in [0.15, 0.2) is 0 Å². The molecule has 0 heterocycles. The molecule has 12 heteroatoms. The normalized spacial score (nSPS) is 11.4. The summed E-state index contributed by atoms with van der Waals surface area (Å²) in [5.41, 5.74) is 5.19. The van der Waals surface area contributed by atoms with E-state index in [9.17, 15) is 4.79 Å². The summed E-state index contributed by atoms with van der Waals surface area (Å²) in [5.74, 6) is -0.1000. The minimum atomic E-state index is -4.64. The van der Waals surface area contributed by atoms with Crippen LogP contribution in [0.2, 0.25) is 0 Å². The standard InChI is InChI=1S/C5H11NO2S.H2NOS.H3O4P/c1-9-3-2-4(6)5(7)8;1-3-2;1-5(2,3)4/h4H,2-3,6H2,1H3,(H,7,8);1,3H;(H3,1,2,3,4)/q;-1;. The van der Waals surface area contributed by atoms with Crippen molar-refractivity contribution in [3.05, 3.63) is 0 Å². The van der Waals surface area contributed by atoms with Crippen LogP contribution in [-0.2, 0) is 25.0 Å². The molecule has 0 amide bonds. The highest BCUT2D eigenvalue weighted by molar-refractivity contribution is 7.98. The zero-order valence-corrected chi connectivity index (χ0v) is 11.5. The molecular weight excluding hydrogens is 295 g/mol. The minimum Gasteiger partial charge on any atom is -0.480 e. The number of thiol groups is 1. The topological polar surface area (TPSA) is 182 Å². The van der Waals surface area contributed by atoms with E-state index in [2.05, 4.69) is 0 Å². The van der Waals surface area contributed by atoms with Crippen molar-refractivity contribution in [2.24, 2.45) is 5.73 Å². The maximum atomic E-state index is 10.1. The van der Waals surface area contributed by atoms with Gasteiger partial charge in [-0.15, -0.1) is 0 Å². The van der Waals surface area contributed by atoms with Crippen LogP contribution in [0.5, 0.6) is 0 Å². The minimum absolute atomic E-state index is 0.552. The van der Waals surface area contributed by atoms with Crippen LogP contribution in [0, 0.1) is 4.78 Å². The molecule has 0 bridgehead atoms. The molecular formula is C5H16N2O7PS2-. The third-order valence-corrected chi connectivity index (χ3v) is 1.59. The maximum absolute atomic E-state index is 10.1. The van der Waals surface area contributed by atoms with E-state index < -0.39 is 31.3 Å². The average Bonchev–Trinajstić information content (AvgIpc) is 2.12. The Morgan fingerprint density at radius 2 is 1.82 bits per heavy atom. The van der Waals surface area contributed by atoms with E-state index in [1.807, 2.05) is 6.26 Å². The monoisotopic (exact) mass is 311 g/mol. The van der Waals surface area contributed by atoms with Crippen molar-refractivity contribution >= 4 is 37.0 Å². The van der Waals surface area contributed by atoms with E-state index in [0.29, 0.717) is 6.42 Å². The van der Waals surface area contributed by atoms with Gasteiger partial charge in [0, 0.05) is 0 Å². The third kappa shape index (κ3) is 49.4. The number of carboxylic acids is 1. The zero-order valence-electron chi connectivity index (χ0n) is 8.89. The number of nitrogens with one attached hydrogen (secondary N) is 1. The number of phosphoric acid groups is 1. The summed E-state index contributed by atoms with van der Waals surface area (Å²) in [7, 11) is -4.64. The number of hydrogen-bond acceptors (Lipinski definition) is 7. The Labute approximate surface area is 106 Å². The number of carbonyl (C=O) groups is 1. The van der Waals surface area contributed by atoms with E-state index in [1.54, 1.807) is 11.8 Å². The summed E-state index contributed by atoms with van der Waals surface area (Å²) in [5, 5.41) is 8.27. The van der Waals surface area contributed by atoms with Crippen LogP contribution in [0.3, 0.4) is 0 Å². The van der Waals surface area contributed by atoms with Crippen LogP contribution in [0.4, 0.5) is 0 Å². The molecule has 0 aromatic carbocycles. The predicted octanol–water partition coefficient (Wildman–Crippen LogP) is -0.868. The van der Waals surface area contributed by atoms with Crippen molar-refractivity contribution in [1.29, 1.82) is 4.78 Å². The highest BCUT2D eigenvalue weighted by Gasteiger charge is 2.08. The molecule has 106 valence electrons. The molecule has 0 aliphatic carbocycles. The van der Waals surface area contributed by atoms with Gasteiger partial charge in [-0.05, 0) is 18.4 Å². The quantitative estimate of drug-likeness (QED) is 0.218. The fourth-order valence-corrected chi connectivity index (χ4v) is 0.858. The average molecular weight is 311 g/mol. The van der Waals surface area contributed by atoms with E-state index >= 15 is 0 Å². The second-order valence-corrected chi connectivity index (χ2v) is 4.53. The number of thioether (sulfide) groups is 1. The van der Waals surface area contributed by atoms with Crippen LogP contribution in [0.25, 0.3) is 0 Å². The highest BCUT2D eigenvalue weighted by Crippen LogP contribution is 2.25. The lowest BCUT2D eigenvalue weighted by atomic mass is 10.2. The molecule has 9 nitrogen and oxygen atoms in total. The Morgan fingerprint density at radius 1 is 1.53 bits per heavy atom. The molecule has 1 unspecified atom stereocenters. The number of hydrogen-bond donors (Lipinski definition) is 6. The van der Waals surface area contributed by atoms with Gasteiger partial charge in [0.1, 0.15) is 6.04 Å². The molecule has 0 aliphatic heterocycles. The smallest absolute Gasteiger partial charge is 0.466 e. The molecule has 0 aliphatic rings. The van der Waals surface area contributed by atoms with Crippen LogP contribution in [-0.4, -0.2) is 43.8 Å². The number of nitrogens with two attached hydrogens (primary N) is 1. The molecule has 0 radical (unpaired) electrons. The van der Waals surface area contributed by atoms with Crippen molar-refractivity contribution in [3.63, 3.8) is 0 Å². The molecule has 0 saturated heterocycles. The lowest BCUT2D eigenvalue weighted by Gasteiger charge is -2.02. The number of rotatable bonds is 4. The fourth-order valence-electron chi connectivity index (χ4n) is 0.368. The molecule has 0 spiro atoms. The van der Waals surface area contributed by atoms with Gasteiger partial charge in [0.05, 0.1) is 0 Å². The van der Waals surface area contributed by atoms with Gasteiger partial charge in [0.25, 0.3) is 0 Å². The lowest BCUT2D eigenvalue weighted by Crippen LogP contribution is -2.30. The highest BCUT2D eigenvalue weighted by atomic mass is 32.2. The SMILES string of the molecule is CSCCC(N)C(=O)O.N=[SH-]=O.O=P(O)(O)O. The Morgan fingerprint density at radius 3 is 2.00 bits per heavy atom. The van der Waals surface area contributed by atoms with E-state index in [-0.39, 0.29) is 0 Å². The first-order valence-corrected chi connectivity index (χ1v) is 7.62. The van der Waals surface area contributed by atoms with Crippen molar-refractivity contribution in [2.75, 3.05) is 12.0 Å². The molecule has 0 rings (SSSR count). The number of carboxylic acid groups (broad SMARTS) is 1. The summed E-state index contributed by atoms with van der Waals surface area (Å²) in [6, 6.07) is -0.683. The van der Waals surface area contributed by atoms with Gasteiger partial charge >= 0.3 is 13.8 Å². The Hall–Kier alpha value is -0.160. The summed E-state index contributed by atoms with van der Waals surface area (Å²) in [4.78, 5) is 31.6. The van der Waals surface area contributed by atoms with Gasteiger partial charge < -0.3 is 34.5 Å². The second kappa shape index (κ2) is 13.9.